The fourth-order valence-electron chi connectivity index (χ4n) is 1.95. The Kier molecular flexibility index (Phi) is 4.93. The predicted molar refractivity (Wildman–Crippen MR) is 60.7 cm³/mol. The quantitative estimate of drug-likeness (QED) is 0.574. The standard InChI is InChI=1S/C11H20ClNO/c1-9(7-12)8-13-5-3-11(4-6-13)10(2)14/h10-11,14H,1,3-8H2,2H3. The van der Waals surface area contributed by atoms with Gasteiger partial charge in [-0.05, 0) is 44.3 Å². The van der Waals surface area contributed by atoms with Crippen molar-refractivity contribution in [2.24, 2.45) is 5.92 Å². The van der Waals surface area contributed by atoms with Gasteiger partial charge in [0, 0.05) is 12.4 Å². The van der Waals surface area contributed by atoms with E-state index in [2.05, 4.69) is 11.5 Å². The monoisotopic (exact) mass is 217 g/mol. The van der Waals surface area contributed by atoms with Crippen LogP contribution in [0, 0.1) is 5.92 Å². The highest BCUT2D eigenvalue weighted by Crippen LogP contribution is 2.20. The molecule has 1 atom stereocenters. The molecule has 0 amide bonds. The molecule has 82 valence electrons. The minimum absolute atomic E-state index is 0.159. The van der Waals surface area contributed by atoms with E-state index in [1.807, 2.05) is 6.92 Å². The van der Waals surface area contributed by atoms with E-state index < -0.39 is 0 Å². The van der Waals surface area contributed by atoms with Crippen LogP contribution in [0.3, 0.4) is 0 Å². The zero-order valence-corrected chi connectivity index (χ0v) is 9.63. The Morgan fingerprint density at radius 1 is 1.57 bits per heavy atom. The minimum atomic E-state index is -0.159. The van der Waals surface area contributed by atoms with Crippen LogP contribution in [-0.4, -0.2) is 41.6 Å². The van der Waals surface area contributed by atoms with Crippen LogP contribution in [0.15, 0.2) is 12.2 Å². The van der Waals surface area contributed by atoms with Crippen molar-refractivity contribution >= 4 is 11.6 Å². The summed E-state index contributed by atoms with van der Waals surface area (Å²) in [6, 6.07) is 0. The van der Waals surface area contributed by atoms with Crippen LogP contribution in [0.25, 0.3) is 0 Å². The van der Waals surface area contributed by atoms with Gasteiger partial charge in [-0.1, -0.05) is 6.58 Å². The second kappa shape index (κ2) is 5.74. The second-order valence-corrected chi connectivity index (χ2v) is 4.51. The van der Waals surface area contributed by atoms with Crippen molar-refractivity contribution < 1.29 is 5.11 Å². The highest BCUT2D eigenvalue weighted by atomic mass is 35.5. The lowest BCUT2D eigenvalue weighted by Crippen LogP contribution is -2.38. The van der Waals surface area contributed by atoms with E-state index in [0.29, 0.717) is 11.8 Å². The molecule has 0 radical (unpaired) electrons. The first-order valence-corrected chi connectivity index (χ1v) is 5.80. The summed E-state index contributed by atoms with van der Waals surface area (Å²) in [7, 11) is 0. The molecule has 1 fully saturated rings. The average Bonchev–Trinajstić information content (AvgIpc) is 2.18. The fraction of sp³-hybridized carbons (Fsp3) is 0.818. The highest BCUT2D eigenvalue weighted by molar-refractivity contribution is 6.19. The molecule has 1 heterocycles. The first kappa shape index (κ1) is 12.0. The first-order chi connectivity index (χ1) is 6.63. The van der Waals surface area contributed by atoms with Gasteiger partial charge in [-0.2, -0.15) is 0 Å². The molecular formula is C11H20ClNO. The molecule has 2 nitrogen and oxygen atoms in total. The smallest absolute Gasteiger partial charge is 0.0541 e. The third-order valence-electron chi connectivity index (χ3n) is 2.95. The molecule has 14 heavy (non-hydrogen) atoms. The van der Waals surface area contributed by atoms with Crippen LogP contribution in [0.1, 0.15) is 19.8 Å². The van der Waals surface area contributed by atoms with Crippen molar-refractivity contribution in [2.75, 3.05) is 25.5 Å². The number of aliphatic hydroxyl groups is 1. The zero-order chi connectivity index (χ0) is 10.6. The molecule has 0 spiro atoms. The summed E-state index contributed by atoms with van der Waals surface area (Å²) in [5.41, 5.74) is 1.09. The summed E-state index contributed by atoms with van der Waals surface area (Å²) in [5.74, 6) is 1.03. The van der Waals surface area contributed by atoms with Crippen molar-refractivity contribution in [1.82, 2.24) is 4.90 Å². The van der Waals surface area contributed by atoms with Crippen LogP contribution >= 0.6 is 11.6 Å². The summed E-state index contributed by atoms with van der Waals surface area (Å²) in [6.07, 6.45) is 2.02. The largest absolute Gasteiger partial charge is 0.393 e. The number of likely N-dealkylation sites (tertiary alicyclic amines) is 1. The van der Waals surface area contributed by atoms with Crippen LogP contribution < -0.4 is 0 Å². The Labute approximate surface area is 91.6 Å². The molecule has 1 N–H and O–H groups in total. The van der Waals surface area contributed by atoms with Gasteiger partial charge in [0.05, 0.1) is 6.10 Å². The number of alkyl halides is 1. The van der Waals surface area contributed by atoms with Gasteiger partial charge < -0.3 is 5.11 Å². The SMILES string of the molecule is C=C(CCl)CN1CCC(C(C)O)CC1. The van der Waals surface area contributed by atoms with E-state index in [4.69, 9.17) is 11.6 Å². The fourth-order valence-corrected chi connectivity index (χ4v) is 2.04. The summed E-state index contributed by atoms with van der Waals surface area (Å²) in [5, 5.41) is 9.43. The van der Waals surface area contributed by atoms with Crippen molar-refractivity contribution in [1.29, 1.82) is 0 Å². The summed E-state index contributed by atoms with van der Waals surface area (Å²) < 4.78 is 0. The molecule has 0 aliphatic carbocycles. The molecule has 0 saturated carbocycles. The Morgan fingerprint density at radius 3 is 2.57 bits per heavy atom. The average molecular weight is 218 g/mol. The van der Waals surface area contributed by atoms with E-state index >= 15 is 0 Å². The minimum Gasteiger partial charge on any atom is -0.393 e. The molecule has 1 aliphatic heterocycles. The number of hydrogen-bond donors (Lipinski definition) is 1. The topological polar surface area (TPSA) is 23.5 Å². The molecule has 1 aliphatic rings. The van der Waals surface area contributed by atoms with Gasteiger partial charge in [-0.15, -0.1) is 11.6 Å². The molecular weight excluding hydrogens is 198 g/mol. The number of hydrogen-bond acceptors (Lipinski definition) is 2. The number of piperidine rings is 1. The molecule has 0 aromatic heterocycles. The first-order valence-electron chi connectivity index (χ1n) is 5.26. The maximum absolute atomic E-state index is 9.43. The lowest BCUT2D eigenvalue weighted by Gasteiger charge is -2.33. The van der Waals surface area contributed by atoms with Gasteiger partial charge in [-0.25, -0.2) is 0 Å². The van der Waals surface area contributed by atoms with E-state index in [1.165, 1.54) is 0 Å². The van der Waals surface area contributed by atoms with Crippen LogP contribution in [0.2, 0.25) is 0 Å². The van der Waals surface area contributed by atoms with Crippen molar-refractivity contribution in [3.63, 3.8) is 0 Å². The lowest BCUT2D eigenvalue weighted by atomic mass is 9.92. The van der Waals surface area contributed by atoms with Crippen LogP contribution in [0.4, 0.5) is 0 Å². The molecule has 1 rings (SSSR count). The van der Waals surface area contributed by atoms with Gasteiger partial charge in [0.1, 0.15) is 0 Å². The molecule has 0 aromatic carbocycles. The normalized spacial score (nSPS) is 22.2. The number of halogens is 1. The van der Waals surface area contributed by atoms with Gasteiger partial charge in [0.2, 0.25) is 0 Å². The lowest BCUT2D eigenvalue weighted by molar-refractivity contribution is 0.0749. The maximum atomic E-state index is 9.43. The zero-order valence-electron chi connectivity index (χ0n) is 8.88. The van der Waals surface area contributed by atoms with Crippen molar-refractivity contribution in [2.45, 2.75) is 25.9 Å². The summed E-state index contributed by atoms with van der Waals surface area (Å²) in [4.78, 5) is 2.36. The van der Waals surface area contributed by atoms with Gasteiger partial charge >= 0.3 is 0 Å². The Hall–Kier alpha value is -0.0500. The Morgan fingerprint density at radius 2 is 2.14 bits per heavy atom. The molecule has 0 aromatic rings. The Balaban J connectivity index is 2.25. The van der Waals surface area contributed by atoms with Gasteiger partial charge in [0.25, 0.3) is 0 Å². The highest BCUT2D eigenvalue weighted by Gasteiger charge is 2.22. The van der Waals surface area contributed by atoms with E-state index in [1.54, 1.807) is 0 Å². The van der Waals surface area contributed by atoms with Crippen molar-refractivity contribution in [3.05, 3.63) is 12.2 Å². The van der Waals surface area contributed by atoms with E-state index in [-0.39, 0.29) is 6.10 Å². The van der Waals surface area contributed by atoms with E-state index in [9.17, 15) is 5.11 Å². The maximum Gasteiger partial charge on any atom is 0.0541 e. The van der Waals surface area contributed by atoms with Crippen LogP contribution in [-0.2, 0) is 0 Å². The summed E-state index contributed by atoms with van der Waals surface area (Å²) in [6.45, 7) is 8.82. The molecule has 3 heteroatoms. The third kappa shape index (κ3) is 3.60. The number of rotatable bonds is 4. The van der Waals surface area contributed by atoms with Crippen LogP contribution in [0.5, 0.6) is 0 Å². The van der Waals surface area contributed by atoms with E-state index in [0.717, 1.165) is 38.0 Å². The van der Waals surface area contributed by atoms with Crippen molar-refractivity contribution in [3.8, 4) is 0 Å². The number of nitrogens with zero attached hydrogens (tertiary/aromatic N) is 1. The molecule has 1 saturated heterocycles. The number of aliphatic hydroxyl groups excluding tert-OH is 1. The van der Waals surface area contributed by atoms with Gasteiger partial charge in [0.15, 0.2) is 0 Å². The molecule has 1 unspecified atom stereocenters. The summed E-state index contributed by atoms with van der Waals surface area (Å²) >= 11 is 5.68. The second-order valence-electron chi connectivity index (χ2n) is 4.24. The third-order valence-corrected chi connectivity index (χ3v) is 3.33. The predicted octanol–water partition coefficient (Wildman–Crippen LogP) is 1.87. The Bertz CT molecular complexity index is 186. The molecule has 0 bridgehead atoms. The van der Waals surface area contributed by atoms with Gasteiger partial charge in [-0.3, -0.25) is 4.90 Å².